The number of carbonyl (C=O) groups excluding carboxylic acids is 2. The van der Waals surface area contributed by atoms with Gasteiger partial charge in [-0.15, -0.1) is 0 Å². The maximum Gasteiger partial charge on any atom is 0.225 e. The van der Waals surface area contributed by atoms with E-state index < -0.39 is 0 Å². The molecule has 1 amide bonds. The first-order valence-electron chi connectivity index (χ1n) is 11.5. The van der Waals surface area contributed by atoms with Crippen LogP contribution in [0, 0.1) is 6.92 Å². The van der Waals surface area contributed by atoms with Crippen LogP contribution in [0.4, 0.5) is 0 Å². The van der Waals surface area contributed by atoms with Gasteiger partial charge in [0.2, 0.25) is 5.91 Å². The van der Waals surface area contributed by atoms with Gasteiger partial charge in [0.05, 0.1) is 0 Å². The number of hydrogen-bond acceptors (Lipinski definition) is 3. The lowest BCUT2D eigenvalue weighted by Crippen LogP contribution is -2.38. The van der Waals surface area contributed by atoms with E-state index in [2.05, 4.69) is 36.5 Å². The molecule has 1 heterocycles. The predicted octanol–water partition coefficient (Wildman–Crippen LogP) is 5.58. The number of Topliss-reactive ketones (excluding diaryl/α,β-unsaturated/α-hetero) is 1. The van der Waals surface area contributed by atoms with Gasteiger partial charge in [-0.3, -0.25) is 9.59 Å². The van der Waals surface area contributed by atoms with Gasteiger partial charge in [-0.1, -0.05) is 72.3 Å². The third-order valence-electron chi connectivity index (χ3n) is 6.59. The summed E-state index contributed by atoms with van der Waals surface area (Å²) in [7, 11) is 0. The van der Waals surface area contributed by atoms with Crippen molar-refractivity contribution < 1.29 is 14.3 Å². The van der Waals surface area contributed by atoms with E-state index in [1.807, 2.05) is 54.6 Å². The SMILES string of the molecule is Cc1ccc(C2CC(=O)C3=C(C2)NC(=O)CC3c2cccc(OCc3ccccc3)c2)cc1. The number of amides is 1. The van der Waals surface area contributed by atoms with Crippen molar-refractivity contribution in [2.75, 3.05) is 0 Å². The highest BCUT2D eigenvalue weighted by Crippen LogP contribution is 2.43. The number of rotatable bonds is 5. The van der Waals surface area contributed by atoms with Gasteiger partial charge in [-0.25, -0.2) is 0 Å². The zero-order valence-electron chi connectivity index (χ0n) is 18.7. The second kappa shape index (κ2) is 9.07. The van der Waals surface area contributed by atoms with E-state index in [-0.39, 0.29) is 29.9 Å². The van der Waals surface area contributed by atoms with Crippen molar-refractivity contribution in [3.63, 3.8) is 0 Å². The van der Waals surface area contributed by atoms with Crippen LogP contribution in [0.5, 0.6) is 5.75 Å². The smallest absolute Gasteiger partial charge is 0.225 e. The fraction of sp³-hybridized carbons (Fsp3) is 0.241. The van der Waals surface area contributed by atoms with E-state index in [4.69, 9.17) is 4.74 Å². The van der Waals surface area contributed by atoms with E-state index in [1.54, 1.807) is 0 Å². The van der Waals surface area contributed by atoms with Crippen molar-refractivity contribution in [2.24, 2.45) is 0 Å². The number of hydrogen-bond donors (Lipinski definition) is 1. The summed E-state index contributed by atoms with van der Waals surface area (Å²) in [5, 5.41) is 3.01. The lowest BCUT2D eigenvalue weighted by atomic mass is 9.73. The summed E-state index contributed by atoms with van der Waals surface area (Å²) in [6, 6.07) is 26.2. The van der Waals surface area contributed by atoms with Crippen molar-refractivity contribution in [2.45, 2.75) is 44.6 Å². The minimum Gasteiger partial charge on any atom is -0.489 e. The van der Waals surface area contributed by atoms with Crippen LogP contribution >= 0.6 is 0 Å². The third-order valence-corrected chi connectivity index (χ3v) is 6.59. The molecule has 0 aromatic heterocycles. The van der Waals surface area contributed by atoms with Gasteiger partial charge in [0.25, 0.3) is 0 Å². The molecule has 0 bridgehead atoms. The van der Waals surface area contributed by atoms with Crippen LogP contribution in [-0.2, 0) is 16.2 Å². The molecule has 0 saturated carbocycles. The molecule has 3 aromatic rings. The molecule has 0 fully saturated rings. The van der Waals surface area contributed by atoms with Gasteiger partial charge in [-0.05, 0) is 48.1 Å². The minimum atomic E-state index is -0.236. The topological polar surface area (TPSA) is 55.4 Å². The maximum absolute atomic E-state index is 13.3. The summed E-state index contributed by atoms with van der Waals surface area (Å²) < 4.78 is 6.00. The number of benzene rings is 3. The molecule has 0 spiro atoms. The molecule has 3 aromatic carbocycles. The molecule has 0 radical (unpaired) electrons. The molecule has 4 heteroatoms. The maximum atomic E-state index is 13.3. The number of allylic oxidation sites excluding steroid dienone is 2. The molecule has 1 aliphatic heterocycles. The summed E-state index contributed by atoms with van der Waals surface area (Å²) in [5.74, 6) is 0.691. The Kier molecular flexibility index (Phi) is 5.82. The summed E-state index contributed by atoms with van der Waals surface area (Å²) in [6.45, 7) is 2.53. The van der Waals surface area contributed by atoms with Crippen molar-refractivity contribution in [1.29, 1.82) is 0 Å². The van der Waals surface area contributed by atoms with E-state index in [9.17, 15) is 9.59 Å². The monoisotopic (exact) mass is 437 g/mol. The van der Waals surface area contributed by atoms with Crippen LogP contribution in [0.15, 0.2) is 90.1 Å². The van der Waals surface area contributed by atoms with Crippen LogP contribution in [-0.4, -0.2) is 11.7 Å². The Morgan fingerprint density at radius 1 is 0.848 bits per heavy atom. The molecule has 33 heavy (non-hydrogen) atoms. The lowest BCUT2D eigenvalue weighted by molar-refractivity contribution is -0.122. The predicted molar refractivity (Wildman–Crippen MR) is 128 cm³/mol. The fourth-order valence-electron chi connectivity index (χ4n) is 4.88. The molecule has 1 N–H and O–H groups in total. The van der Waals surface area contributed by atoms with Crippen molar-refractivity contribution >= 4 is 11.7 Å². The number of ether oxygens (including phenoxy) is 1. The summed E-state index contributed by atoms with van der Waals surface area (Å²) in [5.41, 5.74) is 5.93. The summed E-state index contributed by atoms with van der Waals surface area (Å²) in [6.07, 6.45) is 1.43. The molecule has 5 rings (SSSR count). The fourth-order valence-corrected chi connectivity index (χ4v) is 4.88. The van der Waals surface area contributed by atoms with Crippen molar-refractivity contribution in [3.05, 3.63) is 112 Å². The Balaban J connectivity index is 1.40. The normalized spacial score (nSPS) is 20.3. The van der Waals surface area contributed by atoms with E-state index in [1.165, 1.54) is 5.56 Å². The Bertz CT molecular complexity index is 1210. The molecular weight excluding hydrogens is 410 g/mol. The van der Waals surface area contributed by atoms with E-state index in [0.29, 0.717) is 19.4 Å². The molecule has 4 nitrogen and oxygen atoms in total. The van der Waals surface area contributed by atoms with E-state index in [0.717, 1.165) is 33.7 Å². The summed E-state index contributed by atoms with van der Waals surface area (Å²) >= 11 is 0. The van der Waals surface area contributed by atoms with Gasteiger partial charge in [0, 0.05) is 30.0 Å². The lowest BCUT2D eigenvalue weighted by Gasteiger charge is -2.34. The standard InChI is InChI=1S/C29H27NO3/c1-19-10-12-21(13-11-19)23-15-26-29(27(31)16-23)25(17-28(32)30-26)22-8-5-9-24(14-22)33-18-20-6-3-2-4-7-20/h2-14,23,25H,15-18H2,1H3,(H,30,32). The summed E-state index contributed by atoms with van der Waals surface area (Å²) in [4.78, 5) is 25.9. The second-order valence-electron chi connectivity index (χ2n) is 8.98. The highest BCUT2D eigenvalue weighted by Gasteiger charge is 2.38. The van der Waals surface area contributed by atoms with Gasteiger partial charge in [0.15, 0.2) is 5.78 Å². The quantitative estimate of drug-likeness (QED) is 0.567. The van der Waals surface area contributed by atoms with Crippen LogP contribution in [0.25, 0.3) is 0 Å². The highest BCUT2D eigenvalue weighted by atomic mass is 16.5. The number of carbonyl (C=O) groups is 2. The van der Waals surface area contributed by atoms with Gasteiger partial charge in [-0.2, -0.15) is 0 Å². The molecular formula is C29H27NO3. The highest BCUT2D eigenvalue weighted by molar-refractivity contribution is 6.02. The first-order valence-corrected chi connectivity index (χ1v) is 11.5. The van der Waals surface area contributed by atoms with Crippen LogP contribution in [0.2, 0.25) is 0 Å². The molecule has 0 saturated heterocycles. The first kappa shape index (κ1) is 21.2. The molecule has 166 valence electrons. The van der Waals surface area contributed by atoms with Gasteiger partial charge < -0.3 is 10.1 Å². The Morgan fingerprint density at radius 2 is 1.64 bits per heavy atom. The molecule has 2 aliphatic rings. The van der Waals surface area contributed by atoms with E-state index >= 15 is 0 Å². The Morgan fingerprint density at radius 3 is 2.42 bits per heavy atom. The second-order valence-corrected chi connectivity index (χ2v) is 8.98. The largest absolute Gasteiger partial charge is 0.489 e. The van der Waals surface area contributed by atoms with Crippen LogP contribution < -0.4 is 10.1 Å². The van der Waals surface area contributed by atoms with Crippen molar-refractivity contribution in [3.8, 4) is 5.75 Å². The van der Waals surface area contributed by atoms with Gasteiger partial charge >= 0.3 is 0 Å². The van der Waals surface area contributed by atoms with Crippen LogP contribution in [0.1, 0.15) is 53.4 Å². The van der Waals surface area contributed by atoms with Crippen molar-refractivity contribution in [1.82, 2.24) is 5.32 Å². The Hall–Kier alpha value is -3.66. The molecule has 1 aliphatic carbocycles. The zero-order chi connectivity index (χ0) is 22.8. The van der Waals surface area contributed by atoms with Gasteiger partial charge in [0.1, 0.15) is 12.4 Å². The molecule has 2 atom stereocenters. The van der Waals surface area contributed by atoms with Crippen LogP contribution in [0.3, 0.4) is 0 Å². The number of ketones is 1. The third kappa shape index (κ3) is 4.61. The number of aryl methyl sites for hydroxylation is 1. The average Bonchev–Trinajstić information content (AvgIpc) is 2.83. The molecule has 2 unspecified atom stereocenters. The average molecular weight is 438 g/mol. The zero-order valence-corrected chi connectivity index (χ0v) is 18.7. The minimum absolute atomic E-state index is 0.0355. The number of nitrogens with one attached hydrogen (secondary N) is 1. The first-order chi connectivity index (χ1) is 16.1. The Labute approximate surface area is 194 Å².